The molecule has 0 aliphatic heterocycles. The van der Waals surface area contributed by atoms with Crippen molar-refractivity contribution in [2.45, 2.75) is 20.3 Å². The van der Waals surface area contributed by atoms with Crippen molar-refractivity contribution in [2.75, 3.05) is 13.1 Å². The molecule has 1 N–H and O–H groups in total. The molecular weight excluding hydrogens is 298 g/mol. The quantitative estimate of drug-likeness (QED) is 0.909. The van der Waals surface area contributed by atoms with Crippen LogP contribution in [0.25, 0.3) is 0 Å². The van der Waals surface area contributed by atoms with Gasteiger partial charge in [0.25, 0.3) is 5.91 Å². The van der Waals surface area contributed by atoms with Crippen molar-refractivity contribution in [3.8, 4) is 0 Å². The van der Waals surface area contributed by atoms with E-state index < -0.39 is 5.97 Å². The van der Waals surface area contributed by atoms with Crippen LogP contribution in [-0.4, -0.2) is 35.0 Å². The van der Waals surface area contributed by atoms with E-state index in [1.165, 1.54) is 4.90 Å². The zero-order valence-electron chi connectivity index (χ0n) is 10.4. The molecule has 0 fully saturated rings. The molecule has 1 rings (SSSR count). The molecule has 98 valence electrons. The topological polar surface area (TPSA) is 57.6 Å². The van der Waals surface area contributed by atoms with E-state index >= 15 is 0 Å². The molecule has 4 nitrogen and oxygen atoms in total. The van der Waals surface area contributed by atoms with E-state index in [4.69, 9.17) is 5.11 Å². The Balaban J connectivity index is 2.97. The normalized spacial score (nSPS) is 10.2. The van der Waals surface area contributed by atoms with E-state index in [-0.39, 0.29) is 12.5 Å². The molecule has 0 saturated heterocycles. The average molecular weight is 314 g/mol. The molecule has 1 amide bonds. The summed E-state index contributed by atoms with van der Waals surface area (Å²) in [7, 11) is 0. The minimum Gasteiger partial charge on any atom is -0.480 e. The molecule has 0 unspecified atom stereocenters. The third-order valence-electron chi connectivity index (χ3n) is 2.46. The van der Waals surface area contributed by atoms with E-state index in [0.29, 0.717) is 16.6 Å². The lowest BCUT2D eigenvalue weighted by Crippen LogP contribution is -2.36. The molecule has 1 aromatic carbocycles. The molecule has 0 saturated carbocycles. The first kappa shape index (κ1) is 14.7. The third kappa shape index (κ3) is 3.84. The largest absolute Gasteiger partial charge is 0.480 e. The van der Waals surface area contributed by atoms with Crippen molar-refractivity contribution in [3.05, 3.63) is 33.8 Å². The predicted octanol–water partition coefficient (Wildman–Crippen LogP) is 2.69. The van der Waals surface area contributed by atoms with Crippen LogP contribution in [0, 0.1) is 6.92 Å². The number of carboxylic acids is 1. The second kappa shape index (κ2) is 6.54. The summed E-state index contributed by atoms with van der Waals surface area (Å²) >= 11 is 3.34. The summed E-state index contributed by atoms with van der Waals surface area (Å²) in [5.74, 6) is -1.26. The number of hydrogen-bond donors (Lipinski definition) is 1. The van der Waals surface area contributed by atoms with Crippen molar-refractivity contribution >= 4 is 27.8 Å². The fourth-order valence-corrected chi connectivity index (χ4v) is 2.31. The minimum atomic E-state index is -1.000. The Bertz CT molecular complexity index is 460. The third-order valence-corrected chi connectivity index (χ3v) is 3.12. The number of carbonyl (C=O) groups excluding carboxylic acids is 1. The standard InChI is InChI=1S/C13H16BrNO3/c1-3-6-15(8-12(16)17)13(18)10-5-4-9(2)7-11(10)14/h4-5,7H,3,6,8H2,1-2H3,(H,16,17). The predicted molar refractivity (Wildman–Crippen MR) is 72.7 cm³/mol. The van der Waals surface area contributed by atoms with Gasteiger partial charge in [-0.3, -0.25) is 9.59 Å². The van der Waals surface area contributed by atoms with Gasteiger partial charge in [0.1, 0.15) is 6.54 Å². The van der Waals surface area contributed by atoms with E-state index in [1.807, 2.05) is 26.0 Å². The van der Waals surface area contributed by atoms with E-state index in [1.54, 1.807) is 6.07 Å². The Morgan fingerprint density at radius 3 is 2.56 bits per heavy atom. The number of aryl methyl sites for hydroxylation is 1. The van der Waals surface area contributed by atoms with Gasteiger partial charge < -0.3 is 10.0 Å². The van der Waals surface area contributed by atoms with Crippen LogP contribution in [0.3, 0.4) is 0 Å². The maximum absolute atomic E-state index is 12.2. The first-order valence-corrected chi connectivity index (χ1v) is 6.52. The van der Waals surface area contributed by atoms with E-state index in [2.05, 4.69) is 15.9 Å². The smallest absolute Gasteiger partial charge is 0.323 e. The summed E-state index contributed by atoms with van der Waals surface area (Å²) in [5, 5.41) is 8.81. The minimum absolute atomic E-state index is 0.258. The number of halogens is 1. The average Bonchev–Trinajstić information content (AvgIpc) is 2.27. The molecular formula is C13H16BrNO3. The molecule has 0 heterocycles. The zero-order chi connectivity index (χ0) is 13.7. The molecule has 0 radical (unpaired) electrons. The SMILES string of the molecule is CCCN(CC(=O)O)C(=O)c1ccc(C)cc1Br. The van der Waals surface area contributed by atoms with Gasteiger partial charge in [-0.1, -0.05) is 13.0 Å². The van der Waals surface area contributed by atoms with E-state index in [9.17, 15) is 9.59 Å². The van der Waals surface area contributed by atoms with Crippen LogP contribution < -0.4 is 0 Å². The van der Waals surface area contributed by atoms with E-state index in [0.717, 1.165) is 12.0 Å². The van der Waals surface area contributed by atoms with Crippen LogP contribution >= 0.6 is 15.9 Å². The summed E-state index contributed by atoms with van der Waals surface area (Å²) in [6, 6.07) is 5.40. The molecule has 1 aromatic rings. The Hall–Kier alpha value is -1.36. The number of amides is 1. The fraction of sp³-hybridized carbons (Fsp3) is 0.385. The van der Waals surface area contributed by atoms with Gasteiger partial charge in [-0.2, -0.15) is 0 Å². The second-order valence-electron chi connectivity index (χ2n) is 4.10. The van der Waals surface area contributed by atoms with Crippen LogP contribution in [0.1, 0.15) is 29.3 Å². The molecule has 0 aromatic heterocycles. The van der Waals surface area contributed by atoms with Crippen molar-refractivity contribution < 1.29 is 14.7 Å². The molecule has 0 aliphatic carbocycles. The molecule has 18 heavy (non-hydrogen) atoms. The van der Waals surface area contributed by atoms with Crippen LogP contribution in [0.5, 0.6) is 0 Å². The van der Waals surface area contributed by atoms with Gasteiger partial charge in [0, 0.05) is 11.0 Å². The van der Waals surface area contributed by atoms with Crippen LogP contribution in [0.2, 0.25) is 0 Å². The first-order valence-electron chi connectivity index (χ1n) is 5.73. The van der Waals surface area contributed by atoms with Crippen molar-refractivity contribution in [2.24, 2.45) is 0 Å². The maximum Gasteiger partial charge on any atom is 0.323 e. The van der Waals surface area contributed by atoms with Crippen molar-refractivity contribution in [1.29, 1.82) is 0 Å². The number of hydrogen-bond acceptors (Lipinski definition) is 2. The van der Waals surface area contributed by atoms with Gasteiger partial charge in [-0.25, -0.2) is 0 Å². The number of rotatable bonds is 5. The van der Waals surface area contributed by atoms with Gasteiger partial charge in [0.2, 0.25) is 0 Å². The van der Waals surface area contributed by atoms with Gasteiger partial charge in [0.15, 0.2) is 0 Å². The molecule has 0 bridgehead atoms. The van der Waals surface area contributed by atoms with Crippen LogP contribution in [0.15, 0.2) is 22.7 Å². The summed E-state index contributed by atoms with van der Waals surface area (Å²) in [6.07, 6.45) is 0.725. The molecule has 0 spiro atoms. The summed E-state index contributed by atoms with van der Waals surface area (Å²) in [5.41, 5.74) is 1.54. The highest BCUT2D eigenvalue weighted by molar-refractivity contribution is 9.10. The zero-order valence-corrected chi connectivity index (χ0v) is 12.0. The van der Waals surface area contributed by atoms with Gasteiger partial charge in [0.05, 0.1) is 5.56 Å². The molecule has 5 heteroatoms. The fourth-order valence-electron chi connectivity index (χ4n) is 1.65. The van der Waals surface area contributed by atoms with Gasteiger partial charge in [-0.05, 0) is 47.0 Å². The number of benzene rings is 1. The highest BCUT2D eigenvalue weighted by Gasteiger charge is 2.19. The van der Waals surface area contributed by atoms with Gasteiger partial charge in [-0.15, -0.1) is 0 Å². The summed E-state index contributed by atoms with van der Waals surface area (Å²) in [6.45, 7) is 4.00. The highest BCUT2D eigenvalue weighted by atomic mass is 79.9. The molecule has 0 aliphatic rings. The Kier molecular flexibility index (Phi) is 5.34. The Morgan fingerprint density at radius 1 is 1.39 bits per heavy atom. The lowest BCUT2D eigenvalue weighted by Gasteiger charge is -2.20. The monoisotopic (exact) mass is 313 g/mol. The summed E-state index contributed by atoms with van der Waals surface area (Å²) < 4.78 is 0.694. The number of carboxylic acid groups (broad SMARTS) is 1. The Labute approximate surface area is 115 Å². The van der Waals surface area contributed by atoms with Gasteiger partial charge >= 0.3 is 5.97 Å². The first-order chi connectivity index (χ1) is 8.45. The number of carbonyl (C=O) groups is 2. The second-order valence-corrected chi connectivity index (χ2v) is 4.96. The van der Waals surface area contributed by atoms with Crippen molar-refractivity contribution in [1.82, 2.24) is 4.90 Å². The number of aliphatic carboxylic acids is 1. The lowest BCUT2D eigenvalue weighted by molar-refractivity contribution is -0.137. The Morgan fingerprint density at radius 2 is 2.06 bits per heavy atom. The van der Waals surface area contributed by atoms with Crippen molar-refractivity contribution in [3.63, 3.8) is 0 Å². The number of nitrogens with zero attached hydrogens (tertiary/aromatic N) is 1. The highest BCUT2D eigenvalue weighted by Crippen LogP contribution is 2.20. The molecule has 0 atom stereocenters. The summed E-state index contributed by atoms with van der Waals surface area (Å²) in [4.78, 5) is 24.3. The van der Waals surface area contributed by atoms with Crippen LogP contribution in [0.4, 0.5) is 0 Å². The maximum atomic E-state index is 12.2. The van der Waals surface area contributed by atoms with Crippen LogP contribution in [-0.2, 0) is 4.79 Å². The lowest BCUT2D eigenvalue weighted by atomic mass is 10.1.